The maximum absolute atomic E-state index is 12.1. The van der Waals surface area contributed by atoms with Gasteiger partial charge in [-0.15, -0.1) is 0 Å². The zero-order valence-electron chi connectivity index (χ0n) is 17.2. The number of carbonyl (C=O) groups is 1. The molecule has 17 heteroatoms. The van der Waals surface area contributed by atoms with Crippen LogP contribution in [-0.2, 0) is 35.1 Å². The normalized spacial score (nSPS) is 12.1. The number of carbonyl (C=O) groups excluding carboxylic acids is 1. The van der Waals surface area contributed by atoms with Crippen molar-refractivity contribution in [3.05, 3.63) is 36.4 Å². The third kappa shape index (κ3) is 6.72. The van der Waals surface area contributed by atoms with Gasteiger partial charge >= 0.3 is 94.6 Å². The van der Waals surface area contributed by atoms with E-state index in [0.717, 1.165) is 18.2 Å². The fourth-order valence-corrected chi connectivity index (χ4v) is 6.18. The van der Waals surface area contributed by atoms with Gasteiger partial charge in [-0.05, 0) is 18.6 Å². The van der Waals surface area contributed by atoms with E-state index in [0.29, 0.717) is 12.5 Å². The fraction of sp³-hybridized carbons (Fsp3) is 0.150. The van der Waals surface area contributed by atoms with E-state index in [1.54, 1.807) is 6.92 Å². The Morgan fingerprint density at radius 3 is 1.41 bits per heavy atom. The minimum absolute atomic E-state index is 0. The Hall–Kier alpha value is 0.120. The van der Waals surface area contributed by atoms with Gasteiger partial charge in [0.15, 0.2) is 0 Å². The standard InChI is InChI=1S/C20H16O11S3.3Na.3H/c1-2-3-18(21)31-14-8-15(32(22,23)24)11-6-7-13-17(34(28,29)30)9-16(33(25,26)27)12-5-4-10(14)19(11)20(12)13;;;;;;/h4-9H,2-3H2,1H3,(H,22,23,24)(H,25,26,27)(H,28,29,30);;;;;;. The molecule has 186 valence electrons. The van der Waals surface area contributed by atoms with E-state index in [4.69, 9.17) is 4.74 Å². The fourth-order valence-electron chi connectivity index (χ4n) is 3.97. The molecule has 0 amide bonds. The van der Waals surface area contributed by atoms with Crippen LogP contribution in [0.25, 0.3) is 32.3 Å². The predicted octanol–water partition coefficient (Wildman–Crippen LogP) is 1.08. The van der Waals surface area contributed by atoms with Crippen LogP contribution in [-0.4, -0.2) is 134 Å². The van der Waals surface area contributed by atoms with Crippen molar-refractivity contribution in [3.63, 3.8) is 0 Å². The van der Waals surface area contributed by atoms with Crippen LogP contribution >= 0.6 is 0 Å². The molecule has 11 nitrogen and oxygen atoms in total. The monoisotopic (exact) mass is 600 g/mol. The molecule has 4 aromatic carbocycles. The summed E-state index contributed by atoms with van der Waals surface area (Å²) in [6, 6.07) is 6.31. The van der Waals surface area contributed by atoms with Crippen molar-refractivity contribution in [2.24, 2.45) is 0 Å². The van der Waals surface area contributed by atoms with Crippen LogP contribution in [0, 0.1) is 0 Å². The first kappa shape index (κ1) is 35.1. The quantitative estimate of drug-likeness (QED) is 0.0944. The first-order valence-corrected chi connectivity index (χ1v) is 13.9. The summed E-state index contributed by atoms with van der Waals surface area (Å²) < 4.78 is 107. The molecule has 0 fully saturated rings. The van der Waals surface area contributed by atoms with E-state index in [1.807, 2.05) is 0 Å². The van der Waals surface area contributed by atoms with Crippen molar-refractivity contribution < 1.29 is 48.4 Å². The van der Waals surface area contributed by atoms with Crippen LogP contribution in [0.5, 0.6) is 5.75 Å². The molecule has 0 aliphatic carbocycles. The van der Waals surface area contributed by atoms with Gasteiger partial charge in [-0.2, -0.15) is 25.3 Å². The van der Waals surface area contributed by atoms with Crippen LogP contribution in [0.3, 0.4) is 0 Å². The molecule has 0 aliphatic rings. The van der Waals surface area contributed by atoms with Gasteiger partial charge in [0.25, 0.3) is 30.4 Å². The first-order valence-electron chi connectivity index (χ1n) is 9.56. The number of hydrogen-bond acceptors (Lipinski definition) is 8. The molecule has 3 N–H and O–H groups in total. The summed E-state index contributed by atoms with van der Waals surface area (Å²) in [6.07, 6.45) is 0.411. The molecular formula is C20H19Na3O11S3. The Bertz CT molecular complexity index is 1780. The van der Waals surface area contributed by atoms with Gasteiger partial charge in [-0.3, -0.25) is 18.5 Å². The molecule has 0 radical (unpaired) electrons. The van der Waals surface area contributed by atoms with Crippen molar-refractivity contribution in [2.75, 3.05) is 0 Å². The van der Waals surface area contributed by atoms with E-state index in [2.05, 4.69) is 0 Å². The summed E-state index contributed by atoms with van der Waals surface area (Å²) in [5.74, 6) is -0.991. The van der Waals surface area contributed by atoms with Gasteiger partial charge < -0.3 is 4.74 Å². The second kappa shape index (κ2) is 12.3. The van der Waals surface area contributed by atoms with Crippen LogP contribution < -0.4 is 4.74 Å². The topological polar surface area (TPSA) is 189 Å². The second-order valence-corrected chi connectivity index (χ2v) is 11.6. The zero-order chi connectivity index (χ0) is 25.2. The molecule has 0 aromatic heterocycles. The number of hydrogen-bond donors (Lipinski definition) is 3. The van der Waals surface area contributed by atoms with Gasteiger partial charge in [-0.1, -0.05) is 25.1 Å². The molecule has 4 aromatic rings. The number of ether oxygens (including phenoxy) is 1. The van der Waals surface area contributed by atoms with Crippen molar-refractivity contribution in [1.29, 1.82) is 0 Å². The van der Waals surface area contributed by atoms with E-state index in [-0.39, 0.29) is 133 Å². The molecule has 0 unspecified atom stereocenters. The third-order valence-corrected chi connectivity index (χ3v) is 7.94. The number of esters is 1. The minimum atomic E-state index is -5.01. The summed E-state index contributed by atoms with van der Waals surface area (Å²) in [5.41, 5.74) is 0. The Kier molecular flexibility index (Phi) is 11.7. The second-order valence-electron chi connectivity index (χ2n) is 7.47. The maximum atomic E-state index is 12.1. The summed E-state index contributed by atoms with van der Waals surface area (Å²) in [5, 5.41) is -0.656. The van der Waals surface area contributed by atoms with Gasteiger partial charge in [-0.25, -0.2) is 0 Å². The average Bonchev–Trinajstić information content (AvgIpc) is 2.70. The Balaban J connectivity index is 0.00000228. The molecule has 0 aliphatic heterocycles. The van der Waals surface area contributed by atoms with Gasteiger partial charge in [0, 0.05) is 44.8 Å². The van der Waals surface area contributed by atoms with Crippen molar-refractivity contribution in [1.82, 2.24) is 0 Å². The molecule has 37 heavy (non-hydrogen) atoms. The van der Waals surface area contributed by atoms with E-state index >= 15 is 0 Å². The van der Waals surface area contributed by atoms with Crippen molar-refractivity contribution >= 4 is 157 Å². The molecule has 0 heterocycles. The van der Waals surface area contributed by atoms with Crippen molar-refractivity contribution in [2.45, 2.75) is 34.5 Å². The molecule has 4 rings (SSSR count). The molecule has 0 spiro atoms. The van der Waals surface area contributed by atoms with E-state index < -0.39 is 51.0 Å². The van der Waals surface area contributed by atoms with Crippen LogP contribution in [0.15, 0.2) is 51.1 Å². The molecule has 0 saturated heterocycles. The molecule has 0 atom stereocenters. The van der Waals surface area contributed by atoms with Crippen molar-refractivity contribution in [3.8, 4) is 5.75 Å². The van der Waals surface area contributed by atoms with Gasteiger partial charge in [0.05, 0.1) is 0 Å². The summed E-state index contributed by atoms with van der Waals surface area (Å²) in [4.78, 5) is 9.75. The Labute approximate surface area is 278 Å². The number of rotatable bonds is 6. The first-order chi connectivity index (χ1) is 15.6. The third-order valence-electron chi connectivity index (χ3n) is 5.26. The zero-order valence-corrected chi connectivity index (χ0v) is 19.7. The summed E-state index contributed by atoms with van der Waals surface area (Å²) >= 11 is 0. The molecule has 0 saturated carbocycles. The van der Waals surface area contributed by atoms with Gasteiger partial charge in [0.1, 0.15) is 20.4 Å². The Morgan fingerprint density at radius 1 is 0.676 bits per heavy atom. The van der Waals surface area contributed by atoms with E-state index in [1.165, 1.54) is 12.1 Å². The predicted molar refractivity (Wildman–Crippen MR) is 142 cm³/mol. The molecule has 0 bridgehead atoms. The van der Waals surface area contributed by atoms with Gasteiger partial charge in [0.2, 0.25) is 0 Å². The number of benzene rings is 4. The van der Waals surface area contributed by atoms with Crippen LogP contribution in [0.1, 0.15) is 19.8 Å². The summed E-state index contributed by atoms with van der Waals surface area (Å²) in [7, 11) is -14.9. The van der Waals surface area contributed by atoms with E-state index in [9.17, 15) is 43.7 Å². The van der Waals surface area contributed by atoms with Crippen LogP contribution in [0.4, 0.5) is 0 Å². The molecular weight excluding hydrogens is 581 g/mol. The summed E-state index contributed by atoms with van der Waals surface area (Å²) in [6.45, 7) is 1.71. The average molecular weight is 601 g/mol. The Morgan fingerprint density at radius 2 is 1.03 bits per heavy atom. The SMILES string of the molecule is CCCC(=O)Oc1cc(S(=O)(=O)O)c2ccc3c(S(=O)(=O)O)cc(S(=O)(=O)O)c4ccc1c2c43.[NaH].[NaH].[NaH]. The van der Waals surface area contributed by atoms with Crippen LogP contribution in [0.2, 0.25) is 0 Å².